The molecule has 0 unspecified atom stereocenters. The molecule has 1 aromatic rings. The Hall–Kier alpha value is -1.71. The lowest BCUT2D eigenvalue weighted by Crippen LogP contribution is -2.66. The van der Waals surface area contributed by atoms with E-state index in [2.05, 4.69) is 43.4 Å². The number of hydrogen-bond acceptors (Lipinski definition) is 3. The number of ether oxygens (including phenoxy) is 1. The molecule has 2 aliphatic rings. The average Bonchev–Trinajstić information content (AvgIpc) is 2.38. The van der Waals surface area contributed by atoms with Crippen molar-refractivity contribution in [1.29, 1.82) is 0 Å². The zero-order valence-corrected chi connectivity index (χ0v) is 15.6. The molecular weight excluding hydrogens is 300 g/mol. The Bertz CT molecular complexity index is 604. The number of carbonyl (C=O) groups excluding carboxylic acids is 1. The molecule has 0 aromatic heterocycles. The van der Waals surface area contributed by atoms with Crippen LogP contribution >= 0.6 is 0 Å². The van der Waals surface area contributed by atoms with E-state index in [-0.39, 0.29) is 6.09 Å². The van der Waals surface area contributed by atoms with E-state index in [1.54, 1.807) is 0 Å². The first kappa shape index (κ1) is 17.1. The SMILES string of the molecule is CC(C)c1ccccc1NC1CC2(C1)CN(C(=O)OC(C)(C)C)C2. The van der Waals surface area contributed by atoms with E-state index in [0.29, 0.717) is 17.4 Å². The zero-order chi connectivity index (χ0) is 17.5. The molecule has 1 amide bonds. The van der Waals surface area contributed by atoms with Crippen molar-refractivity contribution in [2.45, 2.75) is 65.0 Å². The molecule has 0 radical (unpaired) electrons. The molecule has 0 atom stereocenters. The molecule has 0 bridgehead atoms. The fraction of sp³-hybridized carbons (Fsp3) is 0.650. The molecule has 4 heteroatoms. The van der Waals surface area contributed by atoms with Crippen LogP contribution in [0.2, 0.25) is 0 Å². The molecule has 1 spiro atoms. The smallest absolute Gasteiger partial charge is 0.410 e. The normalized spacial score (nSPS) is 19.8. The Morgan fingerprint density at radius 1 is 1.25 bits per heavy atom. The summed E-state index contributed by atoms with van der Waals surface area (Å²) in [6.07, 6.45) is 2.10. The molecule has 1 aromatic carbocycles. The molecule has 3 rings (SSSR count). The molecule has 1 heterocycles. The van der Waals surface area contributed by atoms with Crippen LogP contribution in [0.4, 0.5) is 10.5 Å². The highest BCUT2D eigenvalue weighted by Gasteiger charge is 2.54. The predicted molar refractivity (Wildman–Crippen MR) is 97.4 cm³/mol. The number of nitrogens with one attached hydrogen (secondary N) is 1. The van der Waals surface area contributed by atoms with E-state index in [4.69, 9.17) is 4.74 Å². The van der Waals surface area contributed by atoms with Crippen molar-refractivity contribution in [3.05, 3.63) is 29.8 Å². The lowest BCUT2D eigenvalue weighted by Gasteiger charge is -2.58. The Morgan fingerprint density at radius 3 is 2.46 bits per heavy atom. The minimum Gasteiger partial charge on any atom is -0.444 e. The first-order valence-corrected chi connectivity index (χ1v) is 9.01. The van der Waals surface area contributed by atoms with Gasteiger partial charge in [-0.3, -0.25) is 0 Å². The molecule has 24 heavy (non-hydrogen) atoms. The van der Waals surface area contributed by atoms with Crippen molar-refractivity contribution < 1.29 is 9.53 Å². The Labute approximate surface area is 145 Å². The van der Waals surface area contributed by atoms with Crippen LogP contribution in [0, 0.1) is 5.41 Å². The van der Waals surface area contributed by atoms with Gasteiger partial charge >= 0.3 is 6.09 Å². The number of amides is 1. The van der Waals surface area contributed by atoms with E-state index in [1.807, 2.05) is 25.7 Å². The second-order valence-corrected chi connectivity index (χ2v) is 8.83. The van der Waals surface area contributed by atoms with Crippen LogP contribution in [0.15, 0.2) is 24.3 Å². The third-order valence-electron chi connectivity index (χ3n) is 5.01. The van der Waals surface area contributed by atoms with E-state index < -0.39 is 5.60 Å². The molecule has 1 aliphatic carbocycles. The summed E-state index contributed by atoms with van der Waals surface area (Å²) in [5.74, 6) is 0.522. The van der Waals surface area contributed by atoms with Gasteiger partial charge in [0.2, 0.25) is 0 Å². The molecule has 132 valence electrons. The third kappa shape index (κ3) is 3.52. The van der Waals surface area contributed by atoms with Crippen LogP contribution in [0.25, 0.3) is 0 Å². The summed E-state index contributed by atoms with van der Waals surface area (Å²) in [7, 11) is 0. The van der Waals surface area contributed by atoms with Gasteiger partial charge in [-0.2, -0.15) is 0 Å². The first-order chi connectivity index (χ1) is 11.2. The van der Waals surface area contributed by atoms with Gasteiger partial charge < -0.3 is 15.0 Å². The van der Waals surface area contributed by atoms with Gasteiger partial charge in [0.15, 0.2) is 0 Å². The van der Waals surface area contributed by atoms with Crippen LogP contribution in [-0.2, 0) is 4.74 Å². The van der Waals surface area contributed by atoms with Gasteiger partial charge in [0.1, 0.15) is 5.60 Å². The maximum Gasteiger partial charge on any atom is 0.410 e. The topological polar surface area (TPSA) is 41.6 Å². The van der Waals surface area contributed by atoms with Crippen molar-refractivity contribution in [3.8, 4) is 0 Å². The summed E-state index contributed by atoms with van der Waals surface area (Å²) in [6, 6.07) is 9.10. The maximum absolute atomic E-state index is 12.0. The second kappa shape index (κ2) is 5.98. The molecule has 1 saturated heterocycles. The summed E-state index contributed by atoms with van der Waals surface area (Å²) < 4.78 is 5.44. The lowest BCUT2D eigenvalue weighted by atomic mass is 9.60. The van der Waals surface area contributed by atoms with Crippen LogP contribution in [0.5, 0.6) is 0 Å². The highest BCUT2D eigenvalue weighted by Crippen LogP contribution is 2.49. The molecular formula is C20H30N2O2. The van der Waals surface area contributed by atoms with Crippen molar-refractivity contribution >= 4 is 11.8 Å². The number of hydrogen-bond donors (Lipinski definition) is 1. The van der Waals surface area contributed by atoms with E-state index in [1.165, 1.54) is 11.3 Å². The van der Waals surface area contributed by atoms with Crippen molar-refractivity contribution in [1.82, 2.24) is 4.90 Å². The van der Waals surface area contributed by atoms with Gasteiger partial charge in [0, 0.05) is 30.2 Å². The Kier molecular flexibility index (Phi) is 4.27. The van der Waals surface area contributed by atoms with E-state index in [9.17, 15) is 4.79 Å². The Morgan fingerprint density at radius 2 is 1.88 bits per heavy atom. The third-order valence-corrected chi connectivity index (χ3v) is 5.01. The molecule has 1 aliphatic heterocycles. The number of rotatable bonds is 3. The van der Waals surface area contributed by atoms with Crippen LogP contribution < -0.4 is 5.32 Å². The molecule has 1 saturated carbocycles. The number of likely N-dealkylation sites (tertiary alicyclic amines) is 1. The van der Waals surface area contributed by atoms with Crippen molar-refractivity contribution in [2.24, 2.45) is 5.41 Å². The minimum atomic E-state index is -0.413. The number of nitrogens with zero attached hydrogens (tertiary/aromatic N) is 1. The van der Waals surface area contributed by atoms with Gasteiger partial charge in [-0.1, -0.05) is 32.0 Å². The monoisotopic (exact) mass is 330 g/mol. The summed E-state index contributed by atoms with van der Waals surface area (Å²) in [5.41, 5.74) is 2.55. The average molecular weight is 330 g/mol. The standard InChI is InChI=1S/C20H30N2O2/c1-14(2)16-8-6-7-9-17(16)21-15-10-20(11-15)12-22(13-20)18(23)24-19(3,4)5/h6-9,14-15,21H,10-13H2,1-5H3. The van der Waals surface area contributed by atoms with Gasteiger partial charge in [0.05, 0.1) is 0 Å². The van der Waals surface area contributed by atoms with E-state index in [0.717, 1.165) is 25.9 Å². The van der Waals surface area contributed by atoms with E-state index >= 15 is 0 Å². The van der Waals surface area contributed by atoms with Gasteiger partial charge in [-0.25, -0.2) is 4.79 Å². The van der Waals surface area contributed by atoms with Crippen molar-refractivity contribution in [3.63, 3.8) is 0 Å². The second-order valence-electron chi connectivity index (χ2n) is 8.83. The first-order valence-electron chi connectivity index (χ1n) is 9.01. The van der Waals surface area contributed by atoms with Gasteiger partial charge in [-0.05, 0) is 51.2 Å². The van der Waals surface area contributed by atoms with Crippen LogP contribution in [-0.4, -0.2) is 35.7 Å². The summed E-state index contributed by atoms with van der Waals surface area (Å²) in [5, 5.41) is 3.70. The number of para-hydroxylation sites is 1. The number of benzene rings is 1. The van der Waals surface area contributed by atoms with Crippen LogP contribution in [0.3, 0.4) is 0 Å². The summed E-state index contributed by atoms with van der Waals surface area (Å²) in [4.78, 5) is 13.9. The Balaban J connectivity index is 1.49. The number of carbonyl (C=O) groups is 1. The summed E-state index contributed by atoms with van der Waals surface area (Å²) >= 11 is 0. The van der Waals surface area contributed by atoms with Crippen LogP contribution in [0.1, 0.15) is 58.9 Å². The molecule has 1 N–H and O–H groups in total. The highest BCUT2D eigenvalue weighted by molar-refractivity contribution is 5.69. The van der Waals surface area contributed by atoms with Crippen molar-refractivity contribution in [2.75, 3.05) is 18.4 Å². The largest absolute Gasteiger partial charge is 0.444 e. The zero-order valence-electron chi connectivity index (χ0n) is 15.6. The molecule has 2 fully saturated rings. The minimum absolute atomic E-state index is 0.172. The fourth-order valence-corrected chi connectivity index (χ4v) is 3.92. The quantitative estimate of drug-likeness (QED) is 0.879. The van der Waals surface area contributed by atoms with Gasteiger partial charge in [0.25, 0.3) is 0 Å². The fourth-order valence-electron chi connectivity index (χ4n) is 3.92. The highest BCUT2D eigenvalue weighted by atomic mass is 16.6. The predicted octanol–water partition coefficient (Wildman–Crippen LogP) is 4.62. The number of anilines is 1. The lowest BCUT2D eigenvalue weighted by molar-refractivity contribution is -0.0738. The molecule has 4 nitrogen and oxygen atoms in total. The summed E-state index contributed by atoms with van der Waals surface area (Å²) in [6.45, 7) is 11.9. The maximum atomic E-state index is 12.0. The van der Waals surface area contributed by atoms with Gasteiger partial charge in [-0.15, -0.1) is 0 Å².